The molecule has 3 rings (SSSR count). The van der Waals surface area contributed by atoms with Crippen LogP contribution in [0.1, 0.15) is 23.6 Å². The summed E-state index contributed by atoms with van der Waals surface area (Å²) in [5.41, 5.74) is 2.25. The number of carbonyl (C=O) groups is 2. The van der Waals surface area contributed by atoms with Gasteiger partial charge in [0.25, 0.3) is 0 Å². The molecule has 2 fully saturated rings. The smallest absolute Gasteiger partial charge is 0.228 e. The number of rotatable bonds is 2. The summed E-state index contributed by atoms with van der Waals surface area (Å²) >= 11 is 1.89. The largest absolute Gasteiger partial charge is 0.341 e. The van der Waals surface area contributed by atoms with E-state index in [1.165, 1.54) is 5.56 Å². The predicted molar refractivity (Wildman–Crippen MR) is 88.7 cm³/mol. The first-order chi connectivity index (χ1) is 10.6. The Hall–Kier alpha value is -1.49. The predicted octanol–water partition coefficient (Wildman–Crippen LogP) is 2.09. The average Bonchev–Trinajstić information content (AvgIpc) is 2.84. The van der Waals surface area contributed by atoms with Crippen molar-refractivity contribution < 1.29 is 9.59 Å². The lowest BCUT2D eigenvalue weighted by molar-refractivity contribution is -0.136. The number of aryl methyl sites for hydroxylation is 1. The van der Waals surface area contributed by atoms with Gasteiger partial charge in [0.05, 0.1) is 12.0 Å². The van der Waals surface area contributed by atoms with Crippen LogP contribution in [0.15, 0.2) is 24.3 Å². The lowest BCUT2D eigenvalue weighted by Crippen LogP contribution is -2.42. The molecule has 1 aromatic rings. The number of carbonyl (C=O) groups excluding carboxylic acids is 2. The first kappa shape index (κ1) is 15.4. The van der Waals surface area contributed by atoms with Crippen LogP contribution in [0, 0.1) is 12.8 Å². The molecule has 0 aromatic heterocycles. The van der Waals surface area contributed by atoms with Gasteiger partial charge in [-0.25, -0.2) is 0 Å². The lowest BCUT2D eigenvalue weighted by Gasteiger charge is -2.32. The van der Waals surface area contributed by atoms with Gasteiger partial charge in [-0.3, -0.25) is 9.59 Å². The Morgan fingerprint density at radius 1 is 1.18 bits per heavy atom. The van der Waals surface area contributed by atoms with E-state index in [0.717, 1.165) is 30.2 Å². The Morgan fingerprint density at radius 2 is 1.82 bits per heavy atom. The molecule has 0 radical (unpaired) electrons. The Morgan fingerprint density at radius 3 is 2.45 bits per heavy atom. The topological polar surface area (TPSA) is 40.6 Å². The molecule has 2 amide bonds. The van der Waals surface area contributed by atoms with Gasteiger partial charge >= 0.3 is 0 Å². The Bertz CT molecular complexity index is 567. The maximum atomic E-state index is 12.9. The second-order valence-electron chi connectivity index (χ2n) is 6.11. The van der Waals surface area contributed by atoms with Crippen LogP contribution in [0.5, 0.6) is 0 Å². The van der Waals surface area contributed by atoms with Crippen LogP contribution < -0.4 is 0 Å². The highest BCUT2D eigenvalue weighted by Crippen LogP contribution is 2.38. The standard InChI is InChI=1S/C17H22N2O2S/c1-12-3-5-13(6-4-12)16-14(11-15(20)18(16)2)17(21)19-7-9-22-10-8-19/h3-6,14,16H,7-11H2,1-2H3. The molecule has 0 N–H and O–H groups in total. The van der Waals surface area contributed by atoms with Crippen molar-refractivity contribution in [3.05, 3.63) is 35.4 Å². The summed E-state index contributed by atoms with van der Waals surface area (Å²) in [6, 6.07) is 8.05. The van der Waals surface area contributed by atoms with Crippen LogP contribution in [0.2, 0.25) is 0 Å². The molecule has 1 aromatic carbocycles. The van der Waals surface area contributed by atoms with Crippen molar-refractivity contribution in [1.29, 1.82) is 0 Å². The van der Waals surface area contributed by atoms with Crippen molar-refractivity contribution in [2.75, 3.05) is 31.6 Å². The highest BCUT2D eigenvalue weighted by atomic mass is 32.2. The zero-order valence-corrected chi connectivity index (χ0v) is 13.9. The second kappa shape index (κ2) is 6.32. The normalized spacial score (nSPS) is 25.6. The van der Waals surface area contributed by atoms with Crippen molar-refractivity contribution in [1.82, 2.24) is 9.80 Å². The molecule has 118 valence electrons. The molecule has 0 saturated carbocycles. The summed E-state index contributed by atoms with van der Waals surface area (Å²) < 4.78 is 0. The fourth-order valence-corrected chi connectivity index (χ4v) is 4.23. The zero-order chi connectivity index (χ0) is 15.7. The van der Waals surface area contributed by atoms with E-state index in [1.807, 2.05) is 54.9 Å². The molecular formula is C17H22N2O2S. The molecule has 5 heteroatoms. The van der Waals surface area contributed by atoms with Gasteiger partial charge in [-0.15, -0.1) is 0 Å². The van der Waals surface area contributed by atoms with Crippen LogP contribution in [0.25, 0.3) is 0 Å². The lowest BCUT2D eigenvalue weighted by atomic mass is 9.92. The molecule has 0 aliphatic carbocycles. The molecular weight excluding hydrogens is 296 g/mol. The fourth-order valence-electron chi connectivity index (χ4n) is 3.33. The van der Waals surface area contributed by atoms with Crippen LogP contribution in [-0.2, 0) is 9.59 Å². The number of benzene rings is 1. The molecule has 22 heavy (non-hydrogen) atoms. The quantitative estimate of drug-likeness (QED) is 0.838. The molecule has 2 unspecified atom stereocenters. The maximum Gasteiger partial charge on any atom is 0.228 e. The number of nitrogens with zero attached hydrogens (tertiary/aromatic N) is 2. The third-order valence-corrected chi connectivity index (χ3v) is 5.59. The Kier molecular flexibility index (Phi) is 4.43. The van der Waals surface area contributed by atoms with E-state index in [2.05, 4.69) is 0 Å². The summed E-state index contributed by atoms with van der Waals surface area (Å²) in [4.78, 5) is 28.7. The minimum atomic E-state index is -0.247. The number of thioether (sulfide) groups is 1. The molecule has 4 nitrogen and oxygen atoms in total. The van der Waals surface area contributed by atoms with Gasteiger partial charge in [0.2, 0.25) is 11.8 Å². The average molecular weight is 318 g/mol. The first-order valence-electron chi connectivity index (χ1n) is 7.76. The molecule has 0 spiro atoms. The third-order valence-electron chi connectivity index (χ3n) is 4.65. The molecule has 2 aliphatic heterocycles. The van der Waals surface area contributed by atoms with Crippen LogP contribution in [0.3, 0.4) is 0 Å². The summed E-state index contributed by atoms with van der Waals surface area (Å²) in [5, 5.41) is 0. The van der Waals surface area contributed by atoms with E-state index in [4.69, 9.17) is 0 Å². The summed E-state index contributed by atoms with van der Waals surface area (Å²) in [6.07, 6.45) is 0.331. The maximum absolute atomic E-state index is 12.9. The number of amides is 2. The van der Waals surface area contributed by atoms with Crippen LogP contribution in [0.4, 0.5) is 0 Å². The fraction of sp³-hybridized carbons (Fsp3) is 0.529. The van der Waals surface area contributed by atoms with Gasteiger partial charge in [-0.1, -0.05) is 29.8 Å². The minimum Gasteiger partial charge on any atom is -0.341 e. The van der Waals surface area contributed by atoms with Gasteiger partial charge < -0.3 is 9.80 Å². The molecule has 2 aliphatic rings. The molecule has 2 atom stereocenters. The number of hydrogen-bond donors (Lipinski definition) is 0. The summed E-state index contributed by atoms with van der Waals surface area (Å²) in [7, 11) is 1.81. The van der Waals surface area contributed by atoms with E-state index in [1.54, 1.807) is 4.90 Å². The molecule has 0 bridgehead atoms. The Labute approximate surface area is 135 Å². The van der Waals surface area contributed by atoms with E-state index in [-0.39, 0.29) is 23.8 Å². The van der Waals surface area contributed by atoms with Crippen LogP contribution >= 0.6 is 11.8 Å². The van der Waals surface area contributed by atoms with Gasteiger partial charge in [0, 0.05) is 38.1 Å². The monoisotopic (exact) mass is 318 g/mol. The van der Waals surface area contributed by atoms with Crippen molar-refractivity contribution in [2.45, 2.75) is 19.4 Å². The second-order valence-corrected chi connectivity index (χ2v) is 7.33. The van der Waals surface area contributed by atoms with Gasteiger partial charge in [-0.2, -0.15) is 11.8 Å². The van der Waals surface area contributed by atoms with Gasteiger partial charge in [-0.05, 0) is 12.5 Å². The highest BCUT2D eigenvalue weighted by Gasteiger charge is 2.44. The van der Waals surface area contributed by atoms with Crippen molar-refractivity contribution in [2.24, 2.45) is 5.92 Å². The van der Waals surface area contributed by atoms with Crippen molar-refractivity contribution in [3.63, 3.8) is 0 Å². The molecule has 2 saturated heterocycles. The molecule has 2 heterocycles. The van der Waals surface area contributed by atoms with Crippen LogP contribution in [-0.4, -0.2) is 53.3 Å². The highest BCUT2D eigenvalue weighted by molar-refractivity contribution is 7.99. The zero-order valence-electron chi connectivity index (χ0n) is 13.1. The van der Waals surface area contributed by atoms with Gasteiger partial charge in [0.15, 0.2) is 0 Å². The third kappa shape index (κ3) is 2.86. The first-order valence-corrected chi connectivity index (χ1v) is 8.92. The Balaban J connectivity index is 1.86. The van der Waals surface area contributed by atoms with E-state index in [0.29, 0.717) is 6.42 Å². The summed E-state index contributed by atoms with van der Waals surface area (Å²) in [6.45, 7) is 3.65. The SMILES string of the molecule is Cc1ccc(C2C(C(=O)N3CCSCC3)CC(=O)N2C)cc1. The van der Waals surface area contributed by atoms with E-state index >= 15 is 0 Å². The van der Waals surface area contributed by atoms with Crippen molar-refractivity contribution >= 4 is 23.6 Å². The van der Waals surface area contributed by atoms with E-state index in [9.17, 15) is 9.59 Å². The number of hydrogen-bond acceptors (Lipinski definition) is 3. The number of likely N-dealkylation sites (tertiary alicyclic amines) is 1. The van der Waals surface area contributed by atoms with E-state index < -0.39 is 0 Å². The van der Waals surface area contributed by atoms with Crippen molar-refractivity contribution in [3.8, 4) is 0 Å². The minimum absolute atomic E-state index is 0.0651. The summed E-state index contributed by atoms with van der Waals surface area (Å²) in [5.74, 6) is 1.96. The van der Waals surface area contributed by atoms with Gasteiger partial charge in [0.1, 0.15) is 0 Å².